The van der Waals surface area contributed by atoms with E-state index < -0.39 is 0 Å². The van der Waals surface area contributed by atoms with Crippen LogP contribution in [0.5, 0.6) is 17.2 Å². The number of benzene rings is 2. The van der Waals surface area contributed by atoms with Gasteiger partial charge < -0.3 is 19.5 Å². The minimum absolute atomic E-state index is 0.179. The number of hydrogen-bond acceptors (Lipinski definition) is 5. The molecule has 0 saturated carbocycles. The smallest absolute Gasteiger partial charge is 0.234 e. The number of carbonyl (C=O) groups is 1. The van der Waals surface area contributed by atoms with Crippen molar-refractivity contribution in [1.82, 2.24) is 5.32 Å². The highest BCUT2D eigenvalue weighted by atomic mass is 35.5. The van der Waals surface area contributed by atoms with Crippen LogP contribution in [0.1, 0.15) is 12.0 Å². The van der Waals surface area contributed by atoms with Gasteiger partial charge in [-0.25, -0.2) is 0 Å². The Hall–Kier alpha value is -2.91. The molecular formula is C19H19ClN2O4. The Morgan fingerprint density at radius 3 is 2.50 bits per heavy atom. The first-order valence-electron chi connectivity index (χ1n) is 7.94. The first-order chi connectivity index (χ1) is 12.6. The van der Waals surface area contributed by atoms with Gasteiger partial charge in [-0.15, -0.1) is 0 Å². The second kappa shape index (κ2) is 10.2. The zero-order chi connectivity index (χ0) is 18.8. The lowest BCUT2D eigenvalue weighted by molar-refractivity contribution is -0.120. The summed E-state index contributed by atoms with van der Waals surface area (Å²) in [6.07, 6.45) is -0.179. The van der Waals surface area contributed by atoms with Gasteiger partial charge in [0.15, 0.2) is 0 Å². The van der Waals surface area contributed by atoms with Crippen molar-refractivity contribution in [3.8, 4) is 23.3 Å². The van der Waals surface area contributed by atoms with Gasteiger partial charge in [0.1, 0.15) is 36.9 Å². The number of carbonyl (C=O) groups excluding carboxylic acids is 1. The predicted octanol–water partition coefficient (Wildman–Crippen LogP) is 3.34. The third-order valence-corrected chi connectivity index (χ3v) is 3.67. The van der Waals surface area contributed by atoms with Crippen LogP contribution in [-0.4, -0.2) is 26.2 Å². The average molecular weight is 375 g/mol. The number of nitriles is 1. The molecule has 0 atom stereocenters. The number of halogens is 1. The van der Waals surface area contributed by atoms with Crippen LogP contribution < -0.4 is 19.5 Å². The van der Waals surface area contributed by atoms with Gasteiger partial charge in [-0.1, -0.05) is 11.6 Å². The van der Waals surface area contributed by atoms with E-state index in [1.165, 1.54) is 0 Å². The van der Waals surface area contributed by atoms with Gasteiger partial charge in [-0.2, -0.15) is 5.26 Å². The molecule has 0 saturated heterocycles. The predicted molar refractivity (Wildman–Crippen MR) is 97.5 cm³/mol. The molecule has 6 nitrogen and oxygen atoms in total. The molecule has 0 aromatic heterocycles. The van der Waals surface area contributed by atoms with Gasteiger partial charge in [0.2, 0.25) is 5.91 Å². The van der Waals surface area contributed by atoms with E-state index in [2.05, 4.69) is 5.32 Å². The number of rotatable bonds is 9. The average Bonchev–Trinajstić information content (AvgIpc) is 2.65. The van der Waals surface area contributed by atoms with Gasteiger partial charge in [0, 0.05) is 23.2 Å². The lowest BCUT2D eigenvalue weighted by Gasteiger charge is -2.14. The quantitative estimate of drug-likeness (QED) is 0.681. The van der Waals surface area contributed by atoms with E-state index in [4.69, 9.17) is 31.1 Å². The summed E-state index contributed by atoms with van der Waals surface area (Å²) in [5, 5.41) is 11.9. The van der Waals surface area contributed by atoms with Crippen molar-refractivity contribution >= 4 is 17.5 Å². The second-order valence-corrected chi connectivity index (χ2v) is 5.67. The van der Waals surface area contributed by atoms with Crippen molar-refractivity contribution < 1.29 is 19.0 Å². The highest BCUT2D eigenvalue weighted by Crippen LogP contribution is 2.25. The van der Waals surface area contributed by atoms with Gasteiger partial charge in [0.25, 0.3) is 0 Å². The topological polar surface area (TPSA) is 80.6 Å². The Balaban J connectivity index is 1.91. The lowest BCUT2D eigenvalue weighted by atomic mass is 10.2. The fourth-order valence-electron chi connectivity index (χ4n) is 2.11. The van der Waals surface area contributed by atoms with E-state index in [9.17, 15) is 4.79 Å². The summed E-state index contributed by atoms with van der Waals surface area (Å²) in [6, 6.07) is 14.2. The summed E-state index contributed by atoms with van der Waals surface area (Å²) in [7, 11) is 1.57. The molecule has 0 aliphatic heterocycles. The van der Waals surface area contributed by atoms with Crippen molar-refractivity contribution in [3.05, 3.63) is 53.1 Å². The lowest BCUT2D eigenvalue weighted by Crippen LogP contribution is -2.22. The highest BCUT2D eigenvalue weighted by molar-refractivity contribution is 6.30. The van der Waals surface area contributed by atoms with Gasteiger partial charge >= 0.3 is 0 Å². The van der Waals surface area contributed by atoms with Gasteiger partial charge in [-0.05, 0) is 36.4 Å². The van der Waals surface area contributed by atoms with Crippen molar-refractivity contribution in [1.29, 1.82) is 5.26 Å². The fraction of sp³-hybridized carbons (Fsp3) is 0.263. The Morgan fingerprint density at radius 2 is 1.81 bits per heavy atom. The molecule has 0 aliphatic carbocycles. The number of amides is 1. The molecule has 1 amide bonds. The Kier molecular flexibility index (Phi) is 7.59. The van der Waals surface area contributed by atoms with Crippen molar-refractivity contribution in [2.75, 3.05) is 20.3 Å². The zero-order valence-electron chi connectivity index (χ0n) is 14.3. The third-order valence-electron chi connectivity index (χ3n) is 3.41. The maximum absolute atomic E-state index is 11.5. The molecule has 0 radical (unpaired) electrons. The summed E-state index contributed by atoms with van der Waals surface area (Å²) in [5.74, 6) is 1.60. The molecule has 136 valence electrons. The largest absolute Gasteiger partial charge is 0.497 e. The van der Waals surface area contributed by atoms with Crippen LogP contribution in [0.4, 0.5) is 0 Å². The summed E-state index contributed by atoms with van der Waals surface area (Å²) >= 11 is 5.83. The highest BCUT2D eigenvalue weighted by Gasteiger charge is 2.08. The van der Waals surface area contributed by atoms with E-state index in [1.807, 2.05) is 6.07 Å². The van der Waals surface area contributed by atoms with Crippen molar-refractivity contribution in [2.45, 2.75) is 13.0 Å². The normalized spacial score (nSPS) is 9.88. The van der Waals surface area contributed by atoms with Crippen LogP contribution in [0.25, 0.3) is 0 Å². The molecule has 0 aliphatic rings. The molecule has 2 rings (SSSR count). The molecule has 0 heterocycles. The summed E-state index contributed by atoms with van der Waals surface area (Å²) < 4.78 is 16.6. The second-order valence-electron chi connectivity index (χ2n) is 5.24. The molecule has 0 bridgehead atoms. The summed E-state index contributed by atoms with van der Waals surface area (Å²) in [5.41, 5.74) is 0.781. The van der Waals surface area contributed by atoms with Crippen LogP contribution in [0.15, 0.2) is 42.5 Å². The molecule has 0 unspecified atom stereocenters. The van der Waals surface area contributed by atoms with Crippen LogP contribution >= 0.6 is 11.6 Å². The standard InChI is InChI=1S/C19H19ClN2O4/c1-24-17-5-2-14(13-22-19(23)8-9-21)18(12-17)26-11-10-25-16-6-3-15(20)4-7-16/h2-7,12H,8,10-11,13H2,1H3,(H,22,23). The van der Waals surface area contributed by atoms with Gasteiger partial charge in [0.05, 0.1) is 13.2 Å². The number of nitrogens with zero attached hydrogens (tertiary/aromatic N) is 1. The maximum atomic E-state index is 11.5. The van der Waals surface area contributed by atoms with E-state index in [0.29, 0.717) is 35.5 Å². The number of ether oxygens (including phenoxy) is 3. The Morgan fingerprint density at radius 1 is 1.12 bits per heavy atom. The number of hydrogen-bond donors (Lipinski definition) is 1. The van der Waals surface area contributed by atoms with E-state index in [-0.39, 0.29) is 18.9 Å². The van der Waals surface area contributed by atoms with Crippen molar-refractivity contribution in [2.24, 2.45) is 0 Å². The van der Waals surface area contributed by atoms with Gasteiger partial charge in [-0.3, -0.25) is 4.79 Å². The molecule has 0 spiro atoms. The molecule has 7 heteroatoms. The Labute approximate surface area is 157 Å². The van der Waals surface area contributed by atoms with Crippen LogP contribution in [0, 0.1) is 11.3 Å². The zero-order valence-corrected chi connectivity index (χ0v) is 15.1. The van der Waals surface area contributed by atoms with E-state index in [1.54, 1.807) is 49.6 Å². The maximum Gasteiger partial charge on any atom is 0.234 e. The van der Waals surface area contributed by atoms with Crippen molar-refractivity contribution in [3.63, 3.8) is 0 Å². The minimum Gasteiger partial charge on any atom is -0.497 e. The molecule has 1 N–H and O–H groups in total. The van der Waals surface area contributed by atoms with E-state index in [0.717, 1.165) is 5.56 Å². The Bertz CT molecular complexity index is 772. The molecule has 2 aromatic carbocycles. The number of methoxy groups -OCH3 is 1. The van der Waals surface area contributed by atoms with E-state index >= 15 is 0 Å². The molecule has 0 fully saturated rings. The third kappa shape index (κ3) is 6.19. The van der Waals surface area contributed by atoms with Crippen LogP contribution in [0.2, 0.25) is 5.02 Å². The SMILES string of the molecule is COc1ccc(CNC(=O)CC#N)c(OCCOc2ccc(Cl)cc2)c1. The summed E-state index contributed by atoms with van der Waals surface area (Å²) in [4.78, 5) is 11.5. The monoisotopic (exact) mass is 374 g/mol. The summed E-state index contributed by atoms with van der Waals surface area (Å²) in [6.45, 7) is 0.923. The molecule has 26 heavy (non-hydrogen) atoms. The first-order valence-corrected chi connectivity index (χ1v) is 8.32. The fourth-order valence-corrected chi connectivity index (χ4v) is 2.24. The minimum atomic E-state index is -0.333. The number of nitrogens with one attached hydrogen (secondary N) is 1. The first kappa shape index (κ1) is 19.4. The van der Waals surface area contributed by atoms with Crippen LogP contribution in [-0.2, 0) is 11.3 Å². The molecule has 2 aromatic rings. The van der Waals surface area contributed by atoms with Crippen LogP contribution in [0.3, 0.4) is 0 Å². The molecular weight excluding hydrogens is 356 g/mol.